The fourth-order valence-corrected chi connectivity index (χ4v) is 2.34. The highest BCUT2D eigenvalue weighted by atomic mass is 16.1. The van der Waals surface area contributed by atoms with Gasteiger partial charge < -0.3 is 10.2 Å². The van der Waals surface area contributed by atoms with E-state index in [0.29, 0.717) is 13.0 Å². The van der Waals surface area contributed by atoms with Crippen molar-refractivity contribution in [2.24, 2.45) is 0 Å². The molecule has 0 heterocycles. The third-order valence-electron chi connectivity index (χ3n) is 3.90. The van der Waals surface area contributed by atoms with Gasteiger partial charge in [-0.05, 0) is 42.7 Å². The van der Waals surface area contributed by atoms with Gasteiger partial charge in [-0.1, -0.05) is 36.4 Å². The molecule has 0 bridgehead atoms. The van der Waals surface area contributed by atoms with Crippen LogP contribution < -0.4 is 10.2 Å². The summed E-state index contributed by atoms with van der Waals surface area (Å²) < 4.78 is 0. The van der Waals surface area contributed by atoms with Gasteiger partial charge in [0.05, 0.1) is 6.42 Å². The Morgan fingerprint density at radius 1 is 1.05 bits per heavy atom. The molecule has 0 aliphatic heterocycles. The SMILES string of the molecule is Cc1ccc(CC(=O)NCCN(C)c2ccccc2)cc1C. The molecule has 116 valence electrons. The molecule has 0 radical (unpaired) electrons. The van der Waals surface area contributed by atoms with E-state index in [4.69, 9.17) is 0 Å². The monoisotopic (exact) mass is 296 g/mol. The van der Waals surface area contributed by atoms with E-state index in [0.717, 1.165) is 17.8 Å². The first-order chi connectivity index (χ1) is 10.6. The minimum atomic E-state index is 0.0738. The van der Waals surface area contributed by atoms with Gasteiger partial charge in [0.15, 0.2) is 0 Å². The number of hydrogen-bond acceptors (Lipinski definition) is 2. The Bertz CT molecular complexity index is 623. The van der Waals surface area contributed by atoms with Gasteiger partial charge in [0.25, 0.3) is 0 Å². The molecule has 0 saturated carbocycles. The predicted molar refractivity (Wildman–Crippen MR) is 92.3 cm³/mol. The van der Waals surface area contributed by atoms with Crippen molar-refractivity contribution >= 4 is 11.6 Å². The molecule has 0 unspecified atom stereocenters. The predicted octanol–water partition coefficient (Wildman–Crippen LogP) is 3.10. The number of hydrogen-bond donors (Lipinski definition) is 1. The van der Waals surface area contributed by atoms with Gasteiger partial charge in [-0.15, -0.1) is 0 Å². The molecular weight excluding hydrogens is 272 g/mol. The quantitative estimate of drug-likeness (QED) is 0.888. The van der Waals surface area contributed by atoms with Crippen molar-refractivity contribution in [2.45, 2.75) is 20.3 Å². The van der Waals surface area contributed by atoms with Crippen LogP contribution in [0.15, 0.2) is 48.5 Å². The highest BCUT2D eigenvalue weighted by molar-refractivity contribution is 5.78. The van der Waals surface area contributed by atoms with Gasteiger partial charge in [-0.2, -0.15) is 0 Å². The lowest BCUT2D eigenvalue weighted by Gasteiger charge is -2.19. The number of nitrogens with zero attached hydrogens (tertiary/aromatic N) is 1. The topological polar surface area (TPSA) is 32.3 Å². The van der Waals surface area contributed by atoms with Crippen molar-refractivity contribution < 1.29 is 4.79 Å². The molecule has 2 rings (SSSR count). The van der Waals surface area contributed by atoms with Crippen molar-refractivity contribution in [3.63, 3.8) is 0 Å². The number of carbonyl (C=O) groups excluding carboxylic acids is 1. The molecule has 3 heteroatoms. The van der Waals surface area contributed by atoms with E-state index in [-0.39, 0.29) is 5.91 Å². The molecule has 0 spiro atoms. The number of para-hydroxylation sites is 1. The fourth-order valence-electron chi connectivity index (χ4n) is 2.34. The maximum absolute atomic E-state index is 12.0. The zero-order valence-electron chi connectivity index (χ0n) is 13.6. The number of aryl methyl sites for hydroxylation is 2. The average molecular weight is 296 g/mol. The second-order valence-electron chi connectivity index (χ2n) is 5.70. The zero-order chi connectivity index (χ0) is 15.9. The minimum Gasteiger partial charge on any atom is -0.373 e. The third kappa shape index (κ3) is 4.62. The van der Waals surface area contributed by atoms with Crippen molar-refractivity contribution in [3.8, 4) is 0 Å². The number of carbonyl (C=O) groups is 1. The van der Waals surface area contributed by atoms with E-state index in [9.17, 15) is 4.79 Å². The van der Waals surface area contributed by atoms with Crippen LogP contribution in [0.5, 0.6) is 0 Å². The number of anilines is 1. The van der Waals surface area contributed by atoms with Crippen LogP contribution in [0, 0.1) is 13.8 Å². The van der Waals surface area contributed by atoms with Gasteiger partial charge in [0.2, 0.25) is 5.91 Å². The second kappa shape index (κ2) is 7.64. The molecule has 1 N–H and O–H groups in total. The van der Waals surface area contributed by atoms with E-state index < -0.39 is 0 Å². The maximum atomic E-state index is 12.0. The summed E-state index contributed by atoms with van der Waals surface area (Å²) in [4.78, 5) is 14.1. The Morgan fingerprint density at radius 3 is 2.45 bits per heavy atom. The molecule has 0 fully saturated rings. The maximum Gasteiger partial charge on any atom is 0.224 e. The summed E-state index contributed by atoms with van der Waals surface area (Å²) in [5, 5.41) is 2.99. The van der Waals surface area contributed by atoms with Crippen molar-refractivity contribution in [1.82, 2.24) is 5.32 Å². The van der Waals surface area contributed by atoms with E-state index >= 15 is 0 Å². The van der Waals surface area contributed by atoms with Gasteiger partial charge in [-0.25, -0.2) is 0 Å². The molecular formula is C19H24N2O. The number of rotatable bonds is 6. The minimum absolute atomic E-state index is 0.0738. The van der Waals surface area contributed by atoms with E-state index in [2.05, 4.69) is 48.3 Å². The van der Waals surface area contributed by atoms with Gasteiger partial charge in [0, 0.05) is 25.8 Å². The first-order valence-electron chi connectivity index (χ1n) is 7.65. The summed E-state index contributed by atoms with van der Waals surface area (Å²) in [6.07, 6.45) is 0.441. The second-order valence-corrected chi connectivity index (χ2v) is 5.70. The summed E-state index contributed by atoms with van der Waals surface area (Å²) in [5.74, 6) is 0.0738. The standard InChI is InChI=1S/C19H24N2O/c1-15-9-10-17(13-16(15)2)14-19(22)20-11-12-21(3)18-7-5-4-6-8-18/h4-10,13H,11-12,14H2,1-3H3,(H,20,22). The molecule has 22 heavy (non-hydrogen) atoms. The van der Waals surface area contributed by atoms with Crippen molar-refractivity contribution in [3.05, 3.63) is 65.2 Å². The molecule has 0 saturated heterocycles. The number of amides is 1. The first kappa shape index (κ1) is 16.1. The van der Waals surface area contributed by atoms with Crippen molar-refractivity contribution in [2.75, 3.05) is 25.0 Å². The molecule has 0 aromatic heterocycles. The summed E-state index contributed by atoms with van der Waals surface area (Å²) in [7, 11) is 2.03. The average Bonchev–Trinajstić information content (AvgIpc) is 2.51. The molecule has 0 aliphatic carbocycles. The van der Waals surface area contributed by atoms with Crippen molar-refractivity contribution in [1.29, 1.82) is 0 Å². The van der Waals surface area contributed by atoms with Crippen LogP contribution in [-0.2, 0) is 11.2 Å². The van der Waals surface area contributed by atoms with Gasteiger partial charge in [-0.3, -0.25) is 4.79 Å². The summed E-state index contributed by atoms with van der Waals surface area (Å²) >= 11 is 0. The Labute approximate surface area is 133 Å². The summed E-state index contributed by atoms with van der Waals surface area (Å²) in [5.41, 5.74) is 4.71. The van der Waals surface area contributed by atoms with Crippen LogP contribution in [0.3, 0.4) is 0 Å². The third-order valence-corrected chi connectivity index (χ3v) is 3.90. The molecule has 1 amide bonds. The van der Waals surface area contributed by atoms with Crippen LogP contribution in [0.4, 0.5) is 5.69 Å². The van der Waals surface area contributed by atoms with Gasteiger partial charge in [0.1, 0.15) is 0 Å². The Hall–Kier alpha value is -2.29. The lowest BCUT2D eigenvalue weighted by atomic mass is 10.0. The molecule has 2 aromatic carbocycles. The highest BCUT2D eigenvalue weighted by Gasteiger charge is 2.05. The number of likely N-dealkylation sites (N-methyl/N-ethyl adjacent to an activating group) is 1. The Balaban J connectivity index is 1.77. The fraction of sp³-hybridized carbons (Fsp3) is 0.316. The highest BCUT2D eigenvalue weighted by Crippen LogP contribution is 2.11. The van der Waals surface area contributed by atoms with Crippen LogP contribution in [0.2, 0.25) is 0 Å². The zero-order valence-corrected chi connectivity index (χ0v) is 13.6. The molecule has 2 aromatic rings. The van der Waals surface area contributed by atoms with Crippen LogP contribution in [0.25, 0.3) is 0 Å². The number of benzene rings is 2. The van der Waals surface area contributed by atoms with E-state index in [1.54, 1.807) is 0 Å². The summed E-state index contributed by atoms with van der Waals surface area (Å²) in [6, 6.07) is 16.4. The lowest BCUT2D eigenvalue weighted by Crippen LogP contribution is -2.33. The van der Waals surface area contributed by atoms with Gasteiger partial charge >= 0.3 is 0 Å². The van der Waals surface area contributed by atoms with Crippen LogP contribution in [0.1, 0.15) is 16.7 Å². The lowest BCUT2D eigenvalue weighted by molar-refractivity contribution is -0.120. The van der Waals surface area contributed by atoms with Crippen LogP contribution >= 0.6 is 0 Å². The van der Waals surface area contributed by atoms with E-state index in [1.165, 1.54) is 11.1 Å². The first-order valence-corrected chi connectivity index (χ1v) is 7.65. The summed E-state index contributed by atoms with van der Waals surface area (Å²) in [6.45, 7) is 5.60. The molecule has 0 aliphatic rings. The molecule has 3 nitrogen and oxygen atoms in total. The largest absolute Gasteiger partial charge is 0.373 e. The molecule has 0 atom stereocenters. The Kier molecular flexibility index (Phi) is 5.59. The number of nitrogens with one attached hydrogen (secondary N) is 1. The normalized spacial score (nSPS) is 10.3. The van der Waals surface area contributed by atoms with Crippen LogP contribution in [-0.4, -0.2) is 26.0 Å². The Morgan fingerprint density at radius 2 is 1.77 bits per heavy atom. The van der Waals surface area contributed by atoms with E-state index in [1.807, 2.05) is 31.3 Å². The smallest absolute Gasteiger partial charge is 0.224 e.